The third-order valence-electron chi connectivity index (χ3n) is 5.78. The molecule has 6 rings (SSSR count). The highest BCUT2D eigenvalue weighted by atomic mass is 79.9. The molecule has 0 saturated heterocycles. The van der Waals surface area contributed by atoms with Crippen LogP contribution in [0.15, 0.2) is 82.4 Å². The zero-order valence-corrected chi connectivity index (χ0v) is 16.9. The fraction of sp³-hybridized carbons (Fsp3) is 0.130. The highest BCUT2D eigenvalue weighted by molar-refractivity contribution is 9.10. The molecule has 3 aliphatic rings. The van der Waals surface area contributed by atoms with E-state index in [0.717, 1.165) is 38.3 Å². The average Bonchev–Trinajstić information content (AvgIpc) is 3.31. The zero-order valence-electron chi connectivity index (χ0n) is 15.3. The van der Waals surface area contributed by atoms with Crippen molar-refractivity contribution in [2.24, 2.45) is 5.10 Å². The van der Waals surface area contributed by atoms with Crippen LogP contribution in [-0.4, -0.2) is 16.6 Å². The maximum Gasteiger partial charge on any atom is 0.306 e. The summed E-state index contributed by atoms with van der Waals surface area (Å²) >= 11 is 3.54. The number of benzene rings is 3. The van der Waals surface area contributed by atoms with Crippen LogP contribution in [0, 0.1) is 0 Å². The lowest BCUT2D eigenvalue weighted by atomic mass is 9.92. The van der Waals surface area contributed by atoms with E-state index in [2.05, 4.69) is 39.4 Å². The summed E-state index contributed by atoms with van der Waals surface area (Å²) in [6.45, 7) is 0. The number of hydrazone groups is 1. The number of anilines is 1. The fourth-order valence-corrected chi connectivity index (χ4v) is 4.83. The van der Waals surface area contributed by atoms with Crippen LogP contribution in [0.2, 0.25) is 0 Å². The molecule has 0 radical (unpaired) electrons. The lowest BCUT2D eigenvalue weighted by molar-refractivity contribution is -0.161. The average molecular weight is 446 g/mol. The Morgan fingerprint density at radius 3 is 2.72 bits per heavy atom. The number of carbonyl (C=O) groups excluding carboxylic acids is 1. The monoisotopic (exact) mass is 445 g/mol. The van der Waals surface area contributed by atoms with Crippen LogP contribution in [0.3, 0.4) is 0 Å². The van der Waals surface area contributed by atoms with Gasteiger partial charge in [-0.3, -0.25) is 4.79 Å². The zero-order chi connectivity index (χ0) is 19.6. The highest BCUT2D eigenvalue weighted by Crippen LogP contribution is 2.54. The number of para-hydroxylation sites is 1. The van der Waals surface area contributed by atoms with E-state index in [1.165, 1.54) is 0 Å². The lowest BCUT2D eigenvalue weighted by Crippen LogP contribution is -2.55. The highest BCUT2D eigenvalue weighted by Gasteiger charge is 2.60. The van der Waals surface area contributed by atoms with E-state index in [9.17, 15) is 4.79 Å². The van der Waals surface area contributed by atoms with E-state index < -0.39 is 5.72 Å². The quantitative estimate of drug-likeness (QED) is 0.585. The van der Waals surface area contributed by atoms with Crippen molar-refractivity contribution in [3.05, 3.63) is 94.0 Å². The molecule has 6 heteroatoms. The number of nitrogens with zero attached hydrogens (tertiary/aromatic N) is 2. The first-order valence-electron chi connectivity index (χ1n) is 9.48. The predicted molar refractivity (Wildman–Crippen MR) is 114 cm³/mol. The second-order valence-electron chi connectivity index (χ2n) is 7.41. The first-order valence-corrected chi connectivity index (χ1v) is 10.3. The van der Waals surface area contributed by atoms with Crippen LogP contribution in [0.4, 0.5) is 5.69 Å². The van der Waals surface area contributed by atoms with Crippen LogP contribution in [0.25, 0.3) is 0 Å². The van der Waals surface area contributed by atoms with Crippen LogP contribution < -0.4 is 10.1 Å². The van der Waals surface area contributed by atoms with Crippen molar-refractivity contribution in [3.63, 3.8) is 0 Å². The number of rotatable bonds is 1. The Bertz CT molecular complexity index is 1190. The van der Waals surface area contributed by atoms with Gasteiger partial charge in [0.1, 0.15) is 5.75 Å². The number of hydrogen-bond donors (Lipinski definition) is 1. The Kier molecular flexibility index (Phi) is 3.44. The fourth-order valence-electron chi connectivity index (χ4n) is 4.47. The second kappa shape index (κ2) is 5.94. The molecule has 2 atom stereocenters. The summed E-state index contributed by atoms with van der Waals surface area (Å²) in [7, 11) is 0. The van der Waals surface area contributed by atoms with E-state index in [1.54, 1.807) is 0 Å². The Balaban J connectivity index is 1.59. The molecule has 0 saturated carbocycles. The Labute approximate surface area is 176 Å². The molecular weight excluding hydrogens is 430 g/mol. The van der Waals surface area contributed by atoms with Gasteiger partial charge in [0.05, 0.1) is 23.0 Å². The number of halogens is 1. The van der Waals surface area contributed by atoms with Crippen molar-refractivity contribution in [3.8, 4) is 5.75 Å². The SMILES string of the molecule is O=C1Nc2ccc(Br)cc2[C@]12Oc1ccccc1[C@@H]1CC(c3ccccc3)=NN12. The molecule has 29 heavy (non-hydrogen) atoms. The molecule has 0 fully saturated rings. The van der Waals surface area contributed by atoms with Gasteiger partial charge in [-0.1, -0.05) is 64.5 Å². The van der Waals surface area contributed by atoms with E-state index in [4.69, 9.17) is 9.84 Å². The number of nitrogens with one attached hydrogen (secondary N) is 1. The molecule has 3 heterocycles. The van der Waals surface area contributed by atoms with Crippen molar-refractivity contribution in [1.29, 1.82) is 0 Å². The van der Waals surface area contributed by atoms with E-state index in [0.29, 0.717) is 6.42 Å². The number of ether oxygens (including phenoxy) is 1. The molecule has 3 aliphatic heterocycles. The first-order chi connectivity index (χ1) is 14.2. The molecule has 1 amide bonds. The topological polar surface area (TPSA) is 53.9 Å². The molecule has 5 nitrogen and oxygen atoms in total. The normalized spacial score (nSPS) is 23.8. The summed E-state index contributed by atoms with van der Waals surface area (Å²) in [6, 6.07) is 23.7. The van der Waals surface area contributed by atoms with E-state index in [-0.39, 0.29) is 11.9 Å². The van der Waals surface area contributed by atoms with Gasteiger partial charge in [0.2, 0.25) is 0 Å². The molecule has 1 N–H and O–H groups in total. The standard InChI is InChI=1S/C23H16BrN3O2/c24-15-10-11-18-17(12-15)23(22(28)25-18)27-20(16-8-4-5-9-21(16)29-23)13-19(26-27)14-6-2-1-3-7-14/h1-12,20H,13H2,(H,25,28)/t20-,23-/m0/s1. The maximum atomic E-state index is 13.4. The second-order valence-corrected chi connectivity index (χ2v) is 8.32. The predicted octanol–water partition coefficient (Wildman–Crippen LogP) is 4.80. The maximum absolute atomic E-state index is 13.4. The number of carbonyl (C=O) groups is 1. The van der Waals surface area contributed by atoms with Crippen LogP contribution in [-0.2, 0) is 10.5 Å². The minimum absolute atomic E-state index is 0.0779. The molecule has 1 spiro atoms. The Morgan fingerprint density at radius 1 is 1.07 bits per heavy atom. The Morgan fingerprint density at radius 2 is 1.86 bits per heavy atom. The summed E-state index contributed by atoms with van der Waals surface area (Å²) in [6.07, 6.45) is 0.711. The third-order valence-corrected chi connectivity index (χ3v) is 6.27. The van der Waals surface area contributed by atoms with Gasteiger partial charge in [0.25, 0.3) is 5.91 Å². The van der Waals surface area contributed by atoms with Crippen LogP contribution >= 0.6 is 15.9 Å². The van der Waals surface area contributed by atoms with Gasteiger partial charge in [0, 0.05) is 16.5 Å². The van der Waals surface area contributed by atoms with Crippen LogP contribution in [0.5, 0.6) is 5.75 Å². The lowest BCUT2D eigenvalue weighted by Gasteiger charge is -2.44. The summed E-state index contributed by atoms with van der Waals surface area (Å²) in [4.78, 5) is 13.4. The molecule has 0 bridgehead atoms. The molecule has 142 valence electrons. The summed E-state index contributed by atoms with van der Waals surface area (Å²) in [5.74, 6) is 0.504. The van der Waals surface area contributed by atoms with Gasteiger partial charge in [-0.05, 0) is 29.8 Å². The smallest absolute Gasteiger partial charge is 0.306 e. The van der Waals surface area contributed by atoms with Gasteiger partial charge in [-0.25, -0.2) is 5.01 Å². The largest absolute Gasteiger partial charge is 0.453 e. The molecule has 0 aromatic heterocycles. The summed E-state index contributed by atoms with van der Waals surface area (Å²) < 4.78 is 7.34. The number of fused-ring (bicyclic) bond motifs is 6. The minimum atomic E-state index is -1.32. The summed E-state index contributed by atoms with van der Waals surface area (Å²) in [5, 5.41) is 9.78. The molecule has 3 aromatic carbocycles. The Hall–Kier alpha value is -3.12. The van der Waals surface area contributed by atoms with Crippen molar-refractivity contribution in [2.75, 3.05) is 5.32 Å². The molecular formula is C23H16BrN3O2. The van der Waals surface area contributed by atoms with Crippen molar-refractivity contribution < 1.29 is 9.53 Å². The van der Waals surface area contributed by atoms with Crippen molar-refractivity contribution in [1.82, 2.24) is 5.01 Å². The van der Waals surface area contributed by atoms with Gasteiger partial charge in [-0.15, -0.1) is 0 Å². The van der Waals surface area contributed by atoms with Crippen LogP contribution in [0.1, 0.15) is 29.2 Å². The van der Waals surface area contributed by atoms with E-state index in [1.807, 2.05) is 59.6 Å². The molecule has 0 unspecified atom stereocenters. The van der Waals surface area contributed by atoms with Gasteiger partial charge >= 0.3 is 5.72 Å². The number of amides is 1. The van der Waals surface area contributed by atoms with Gasteiger partial charge < -0.3 is 10.1 Å². The third kappa shape index (κ3) is 2.26. The molecule has 3 aromatic rings. The van der Waals surface area contributed by atoms with Crippen molar-refractivity contribution in [2.45, 2.75) is 18.2 Å². The van der Waals surface area contributed by atoms with Crippen molar-refractivity contribution >= 4 is 33.2 Å². The number of hydrogen-bond acceptors (Lipinski definition) is 4. The van der Waals surface area contributed by atoms with E-state index >= 15 is 0 Å². The minimum Gasteiger partial charge on any atom is -0.453 e. The van der Waals surface area contributed by atoms with Gasteiger partial charge in [-0.2, -0.15) is 5.10 Å². The van der Waals surface area contributed by atoms with Gasteiger partial charge in [0.15, 0.2) is 0 Å². The molecule has 0 aliphatic carbocycles. The first kappa shape index (κ1) is 16.8. The summed E-state index contributed by atoms with van der Waals surface area (Å²) in [5.41, 5.74) is 3.25.